The number of hydrogen-bond acceptors (Lipinski definition) is 7. The summed E-state index contributed by atoms with van der Waals surface area (Å²) in [6, 6.07) is 10.3. The summed E-state index contributed by atoms with van der Waals surface area (Å²) in [6.07, 6.45) is 7.08. The minimum atomic E-state index is 0.611. The molecule has 1 saturated heterocycles. The van der Waals surface area contributed by atoms with Gasteiger partial charge in [0.15, 0.2) is 0 Å². The smallest absolute Gasteiger partial charge is 0.225 e. The molecule has 4 rings (SSSR count). The molecule has 0 N–H and O–H groups in total. The molecule has 1 aromatic carbocycles. The van der Waals surface area contributed by atoms with Crippen LogP contribution < -0.4 is 4.90 Å². The predicted octanol–water partition coefficient (Wildman–Crippen LogP) is 2.71. The first-order chi connectivity index (χ1) is 14.2. The Morgan fingerprint density at radius 3 is 2.38 bits per heavy atom. The van der Waals surface area contributed by atoms with Gasteiger partial charge in [-0.25, -0.2) is 14.6 Å². The molecule has 8 nitrogen and oxygen atoms in total. The van der Waals surface area contributed by atoms with Gasteiger partial charge in [-0.3, -0.25) is 4.90 Å². The molecule has 0 radical (unpaired) electrons. The summed E-state index contributed by atoms with van der Waals surface area (Å²) in [5, 5.41) is 8.56. The number of benzene rings is 1. The van der Waals surface area contributed by atoms with E-state index in [-0.39, 0.29) is 0 Å². The van der Waals surface area contributed by atoms with Gasteiger partial charge in [0, 0.05) is 38.6 Å². The van der Waals surface area contributed by atoms with Crippen LogP contribution in [0.5, 0.6) is 0 Å². The van der Waals surface area contributed by atoms with E-state index in [1.165, 1.54) is 18.4 Å². The van der Waals surface area contributed by atoms with E-state index in [0.29, 0.717) is 11.4 Å². The maximum Gasteiger partial charge on any atom is 0.225 e. The molecular weight excluding hydrogens is 384 g/mol. The number of tetrazole rings is 1. The lowest BCUT2D eigenvalue weighted by Crippen LogP contribution is -2.47. The van der Waals surface area contributed by atoms with Crippen molar-refractivity contribution in [1.29, 1.82) is 0 Å². The van der Waals surface area contributed by atoms with Crippen LogP contribution in [0.1, 0.15) is 25.3 Å². The van der Waals surface area contributed by atoms with Crippen LogP contribution in [-0.4, -0.2) is 60.8 Å². The van der Waals surface area contributed by atoms with E-state index >= 15 is 0 Å². The van der Waals surface area contributed by atoms with Crippen LogP contribution in [0, 0.1) is 4.77 Å². The highest BCUT2D eigenvalue weighted by Crippen LogP contribution is 2.13. The molecule has 0 unspecified atom stereocenters. The van der Waals surface area contributed by atoms with Gasteiger partial charge in [0.05, 0.1) is 12.4 Å². The third-order valence-electron chi connectivity index (χ3n) is 5.18. The lowest BCUT2D eigenvalue weighted by molar-refractivity contribution is 0.192. The maximum atomic E-state index is 5.62. The van der Waals surface area contributed by atoms with Crippen molar-refractivity contribution >= 4 is 18.2 Å². The third kappa shape index (κ3) is 4.68. The zero-order chi connectivity index (χ0) is 20.1. The Bertz CT molecular complexity index is 958. The van der Waals surface area contributed by atoms with Crippen molar-refractivity contribution in [3.05, 3.63) is 53.1 Å². The second kappa shape index (κ2) is 9.23. The van der Waals surface area contributed by atoms with Crippen LogP contribution in [0.25, 0.3) is 5.69 Å². The van der Waals surface area contributed by atoms with Gasteiger partial charge in [0.2, 0.25) is 10.7 Å². The average Bonchev–Trinajstić information content (AvgIpc) is 3.14. The third-order valence-corrected chi connectivity index (χ3v) is 5.56. The van der Waals surface area contributed by atoms with Crippen molar-refractivity contribution in [2.75, 3.05) is 31.1 Å². The molecule has 0 amide bonds. The van der Waals surface area contributed by atoms with Crippen LogP contribution in [0.4, 0.5) is 5.95 Å². The van der Waals surface area contributed by atoms with Gasteiger partial charge in [-0.2, -0.15) is 4.68 Å². The number of nitrogens with zero attached hydrogens (tertiary/aromatic N) is 8. The fraction of sp³-hybridized carbons (Fsp3) is 0.450. The second-order valence-corrected chi connectivity index (χ2v) is 7.60. The first kappa shape index (κ1) is 19.7. The lowest BCUT2D eigenvalue weighted by atomic mass is 10.1. The fourth-order valence-corrected chi connectivity index (χ4v) is 3.68. The molecule has 9 heteroatoms. The summed E-state index contributed by atoms with van der Waals surface area (Å²) >= 11 is 5.62. The molecule has 152 valence electrons. The van der Waals surface area contributed by atoms with E-state index in [2.05, 4.69) is 61.4 Å². The van der Waals surface area contributed by atoms with Gasteiger partial charge < -0.3 is 4.90 Å². The molecule has 2 aromatic heterocycles. The topological polar surface area (TPSA) is 67.9 Å². The number of anilines is 1. The molecule has 0 aliphatic carbocycles. The molecule has 0 bridgehead atoms. The van der Waals surface area contributed by atoms with Gasteiger partial charge >= 0.3 is 0 Å². The van der Waals surface area contributed by atoms with Gasteiger partial charge in [-0.05, 0) is 59.2 Å². The summed E-state index contributed by atoms with van der Waals surface area (Å²) in [5.41, 5.74) is 2.29. The van der Waals surface area contributed by atoms with Crippen molar-refractivity contribution < 1.29 is 0 Å². The lowest BCUT2D eigenvalue weighted by Gasteiger charge is -2.34. The van der Waals surface area contributed by atoms with E-state index in [0.717, 1.165) is 44.2 Å². The van der Waals surface area contributed by atoms with Gasteiger partial charge in [0.1, 0.15) is 0 Å². The summed E-state index contributed by atoms with van der Waals surface area (Å²) in [7, 11) is 0. The van der Waals surface area contributed by atoms with E-state index in [4.69, 9.17) is 12.2 Å². The molecule has 0 spiro atoms. The Hall–Kier alpha value is -2.65. The minimum absolute atomic E-state index is 0.611. The highest BCUT2D eigenvalue weighted by atomic mass is 32.1. The Balaban J connectivity index is 1.37. The van der Waals surface area contributed by atoms with Crippen molar-refractivity contribution in [1.82, 2.24) is 34.7 Å². The highest BCUT2D eigenvalue weighted by Gasteiger charge is 2.19. The molecule has 1 fully saturated rings. The quantitative estimate of drug-likeness (QED) is 0.555. The van der Waals surface area contributed by atoms with Gasteiger partial charge in [-0.15, -0.1) is 0 Å². The number of rotatable bonds is 7. The number of aromatic nitrogens is 6. The zero-order valence-electron chi connectivity index (χ0n) is 16.7. The van der Waals surface area contributed by atoms with Crippen LogP contribution in [0.2, 0.25) is 0 Å². The molecule has 3 aromatic rings. The monoisotopic (exact) mass is 410 g/mol. The molecule has 1 aliphatic rings. The Kier molecular flexibility index (Phi) is 6.26. The largest absolute Gasteiger partial charge is 0.338 e. The van der Waals surface area contributed by atoms with Gasteiger partial charge in [-0.1, -0.05) is 25.5 Å². The molecule has 0 atom stereocenters. The first-order valence-electron chi connectivity index (χ1n) is 10.1. The highest BCUT2D eigenvalue weighted by molar-refractivity contribution is 7.71. The Morgan fingerprint density at radius 2 is 1.69 bits per heavy atom. The molecule has 3 heterocycles. The average molecular weight is 411 g/mol. The van der Waals surface area contributed by atoms with Crippen LogP contribution in [-0.2, 0) is 13.1 Å². The summed E-state index contributed by atoms with van der Waals surface area (Å²) in [6.45, 7) is 6.41. The van der Waals surface area contributed by atoms with Crippen molar-refractivity contribution in [3.63, 3.8) is 0 Å². The summed E-state index contributed by atoms with van der Waals surface area (Å²) in [5.74, 6) is 0.789. The molecule has 1 aliphatic heterocycles. The normalized spacial score (nSPS) is 15.0. The van der Waals surface area contributed by atoms with E-state index in [9.17, 15) is 0 Å². The standard InChI is InChI=1S/C20H26N8S/c1-2-3-5-17-6-8-18(9-7-17)28-20(29)27(23-24-28)16-25-12-14-26(15-13-25)19-21-10-4-11-22-19/h4,6-11H,2-3,5,12-16H2,1H3. The fourth-order valence-electron chi connectivity index (χ4n) is 3.44. The van der Waals surface area contributed by atoms with Crippen LogP contribution >= 0.6 is 12.2 Å². The number of hydrogen-bond donors (Lipinski definition) is 0. The number of piperazine rings is 1. The SMILES string of the molecule is CCCCc1ccc(-n2nnn(CN3CCN(c4ncccn4)CC3)c2=S)cc1. The molecule has 29 heavy (non-hydrogen) atoms. The van der Waals surface area contributed by atoms with E-state index in [1.54, 1.807) is 21.8 Å². The summed E-state index contributed by atoms with van der Waals surface area (Å²) < 4.78 is 4.13. The summed E-state index contributed by atoms with van der Waals surface area (Å²) in [4.78, 5) is 13.2. The van der Waals surface area contributed by atoms with Crippen molar-refractivity contribution in [2.45, 2.75) is 32.9 Å². The predicted molar refractivity (Wildman–Crippen MR) is 115 cm³/mol. The molecular formula is C20H26N8S. The first-order valence-corrected chi connectivity index (χ1v) is 10.5. The second-order valence-electron chi connectivity index (χ2n) is 7.24. The van der Waals surface area contributed by atoms with E-state index in [1.807, 2.05) is 6.07 Å². The Morgan fingerprint density at radius 1 is 0.966 bits per heavy atom. The van der Waals surface area contributed by atoms with E-state index < -0.39 is 0 Å². The maximum absolute atomic E-state index is 5.62. The zero-order valence-corrected chi connectivity index (χ0v) is 17.5. The number of aryl methyl sites for hydroxylation is 1. The van der Waals surface area contributed by atoms with Crippen LogP contribution in [0.15, 0.2) is 42.7 Å². The van der Waals surface area contributed by atoms with Crippen molar-refractivity contribution in [2.24, 2.45) is 0 Å². The van der Waals surface area contributed by atoms with Crippen LogP contribution in [0.3, 0.4) is 0 Å². The molecule has 0 saturated carbocycles. The number of unbranched alkanes of at least 4 members (excludes halogenated alkanes) is 1. The van der Waals surface area contributed by atoms with Crippen molar-refractivity contribution in [3.8, 4) is 5.69 Å². The Labute approximate surface area is 175 Å². The minimum Gasteiger partial charge on any atom is -0.338 e. The van der Waals surface area contributed by atoms with Gasteiger partial charge in [0.25, 0.3) is 0 Å².